The first-order chi connectivity index (χ1) is 11.6. The summed E-state index contributed by atoms with van der Waals surface area (Å²) in [5, 5.41) is 16.9. The molecule has 122 valence electrons. The third-order valence-corrected chi connectivity index (χ3v) is 3.78. The Morgan fingerprint density at radius 2 is 2.00 bits per heavy atom. The van der Waals surface area contributed by atoms with Gasteiger partial charge >= 0.3 is 0 Å². The number of nitrogens with zero attached hydrogens (tertiary/aromatic N) is 2. The van der Waals surface area contributed by atoms with Gasteiger partial charge in [-0.25, -0.2) is 4.68 Å². The third-order valence-electron chi connectivity index (χ3n) is 3.54. The van der Waals surface area contributed by atoms with Crippen molar-refractivity contribution in [2.75, 3.05) is 5.32 Å². The van der Waals surface area contributed by atoms with Gasteiger partial charge in [-0.2, -0.15) is 5.10 Å². The van der Waals surface area contributed by atoms with Crippen molar-refractivity contribution in [3.63, 3.8) is 0 Å². The topological polar surface area (TPSA) is 67.2 Å². The monoisotopic (exact) mass is 341 g/mol. The number of carbonyl (C=O) groups excluding carboxylic acids is 1. The molecule has 0 aliphatic heterocycles. The van der Waals surface area contributed by atoms with E-state index in [1.165, 1.54) is 0 Å². The molecule has 0 bridgehead atoms. The molecule has 2 aromatic carbocycles. The van der Waals surface area contributed by atoms with Crippen molar-refractivity contribution in [1.82, 2.24) is 9.78 Å². The van der Waals surface area contributed by atoms with E-state index in [1.54, 1.807) is 47.1 Å². The van der Waals surface area contributed by atoms with Gasteiger partial charge in [-0.05, 0) is 48.9 Å². The summed E-state index contributed by atoms with van der Waals surface area (Å²) in [5.41, 5.74) is 3.27. The molecule has 2 N–H and O–H groups in total. The van der Waals surface area contributed by atoms with Crippen molar-refractivity contribution >= 4 is 23.2 Å². The number of aromatic nitrogens is 2. The predicted octanol–water partition coefficient (Wildman–Crippen LogP) is 3.58. The Morgan fingerprint density at radius 3 is 2.75 bits per heavy atom. The van der Waals surface area contributed by atoms with Crippen LogP contribution in [0.5, 0.6) is 0 Å². The first kappa shape index (κ1) is 16.2. The van der Waals surface area contributed by atoms with Crippen molar-refractivity contribution in [2.24, 2.45) is 0 Å². The molecule has 1 amide bonds. The predicted molar refractivity (Wildman–Crippen MR) is 93.6 cm³/mol. The van der Waals surface area contributed by atoms with Gasteiger partial charge in [0.1, 0.15) is 0 Å². The minimum atomic E-state index is -0.311. The van der Waals surface area contributed by atoms with E-state index in [1.807, 2.05) is 19.1 Å². The molecule has 3 aromatic rings. The van der Waals surface area contributed by atoms with Crippen molar-refractivity contribution in [3.05, 3.63) is 76.6 Å². The van der Waals surface area contributed by atoms with Crippen LogP contribution in [-0.2, 0) is 6.61 Å². The first-order valence-electron chi connectivity index (χ1n) is 7.40. The molecule has 0 saturated carbocycles. The van der Waals surface area contributed by atoms with Gasteiger partial charge in [0.05, 0.1) is 12.3 Å². The van der Waals surface area contributed by atoms with Crippen LogP contribution in [0.3, 0.4) is 0 Å². The lowest BCUT2D eigenvalue weighted by molar-refractivity contribution is 0.102. The fourth-order valence-corrected chi connectivity index (χ4v) is 2.58. The van der Waals surface area contributed by atoms with Crippen LogP contribution >= 0.6 is 11.6 Å². The Morgan fingerprint density at radius 1 is 1.21 bits per heavy atom. The zero-order valence-corrected chi connectivity index (χ0v) is 13.8. The Balaban J connectivity index is 1.85. The molecule has 24 heavy (non-hydrogen) atoms. The second kappa shape index (κ2) is 6.86. The second-order valence-electron chi connectivity index (χ2n) is 5.38. The van der Waals surface area contributed by atoms with Crippen molar-refractivity contribution in [1.29, 1.82) is 0 Å². The number of aliphatic hydroxyl groups excluding tert-OH is 1. The number of carbonyl (C=O) groups is 1. The summed E-state index contributed by atoms with van der Waals surface area (Å²) in [5.74, 6) is -0.311. The fraction of sp³-hybridized carbons (Fsp3) is 0.111. The number of rotatable bonds is 4. The van der Waals surface area contributed by atoms with E-state index in [0.29, 0.717) is 16.4 Å². The summed E-state index contributed by atoms with van der Waals surface area (Å²) in [7, 11) is 0. The number of nitrogens with one attached hydrogen (secondary N) is 1. The summed E-state index contributed by atoms with van der Waals surface area (Å²) >= 11 is 6.01. The standard InChI is InChI=1S/C18H16ClN3O2/c1-12-8-17(21-22(12)16-7-3-5-14(19)10-16)18(24)20-15-6-2-4-13(9-15)11-23/h2-10,23H,11H2,1H3,(H,20,24). The Labute approximate surface area is 144 Å². The minimum absolute atomic E-state index is 0.0772. The van der Waals surface area contributed by atoms with Gasteiger partial charge in [0.2, 0.25) is 0 Å². The maximum atomic E-state index is 12.4. The van der Waals surface area contributed by atoms with Crippen molar-refractivity contribution < 1.29 is 9.90 Å². The number of benzene rings is 2. The summed E-state index contributed by atoms with van der Waals surface area (Å²) in [6.07, 6.45) is 0. The molecule has 0 atom stereocenters. The van der Waals surface area contributed by atoms with E-state index in [4.69, 9.17) is 16.7 Å². The summed E-state index contributed by atoms with van der Waals surface area (Å²) in [6.45, 7) is 1.79. The number of hydrogen-bond acceptors (Lipinski definition) is 3. The molecule has 1 heterocycles. The van der Waals surface area contributed by atoms with Gasteiger partial charge in [0.15, 0.2) is 5.69 Å². The van der Waals surface area contributed by atoms with Crippen LogP contribution in [0.4, 0.5) is 5.69 Å². The number of hydrogen-bond donors (Lipinski definition) is 2. The molecule has 6 heteroatoms. The molecular formula is C18H16ClN3O2. The number of aryl methyl sites for hydroxylation is 1. The molecule has 1 aromatic heterocycles. The Bertz CT molecular complexity index is 889. The number of halogens is 1. The van der Waals surface area contributed by atoms with E-state index in [-0.39, 0.29) is 12.5 Å². The molecule has 0 aliphatic carbocycles. The molecule has 3 rings (SSSR count). The van der Waals surface area contributed by atoms with E-state index in [2.05, 4.69) is 10.4 Å². The number of anilines is 1. The average Bonchev–Trinajstić information content (AvgIpc) is 2.97. The average molecular weight is 342 g/mol. The van der Waals surface area contributed by atoms with Gasteiger partial charge in [0.25, 0.3) is 5.91 Å². The van der Waals surface area contributed by atoms with Crippen LogP contribution in [0.15, 0.2) is 54.6 Å². The maximum absolute atomic E-state index is 12.4. The highest BCUT2D eigenvalue weighted by Crippen LogP contribution is 2.18. The van der Waals surface area contributed by atoms with Crippen molar-refractivity contribution in [3.8, 4) is 5.69 Å². The zero-order chi connectivity index (χ0) is 17.1. The van der Waals surface area contributed by atoms with Gasteiger partial charge in [-0.15, -0.1) is 0 Å². The van der Waals surface area contributed by atoms with Crippen LogP contribution < -0.4 is 5.32 Å². The largest absolute Gasteiger partial charge is 0.392 e. The van der Waals surface area contributed by atoms with Crippen LogP contribution in [0.1, 0.15) is 21.7 Å². The highest BCUT2D eigenvalue weighted by Gasteiger charge is 2.14. The smallest absolute Gasteiger partial charge is 0.276 e. The number of aliphatic hydroxyl groups is 1. The Kier molecular flexibility index (Phi) is 4.64. The second-order valence-corrected chi connectivity index (χ2v) is 5.81. The molecule has 0 fully saturated rings. The van der Waals surface area contributed by atoms with Gasteiger partial charge < -0.3 is 10.4 Å². The van der Waals surface area contributed by atoms with E-state index >= 15 is 0 Å². The van der Waals surface area contributed by atoms with Crippen LogP contribution in [0, 0.1) is 6.92 Å². The molecule has 0 radical (unpaired) electrons. The summed E-state index contributed by atoms with van der Waals surface area (Å²) in [6, 6.07) is 16.0. The third kappa shape index (κ3) is 3.48. The van der Waals surface area contributed by atoms with Crippen LogP contribution in [-0.4, -0.2) is 20.8 Å². The summed E-state index contributed by atoms with van der Waals surface area (Å²) in [4.78, 5) is 12.4. The molecule has 5 nitrogen and oxygen atoms in total. The summed E-state index contributed by atoms with van der Waals surface area (Å²) < 4.78 is 1.67. The number of amides is 1. The highest BCUT2D eigenvalue weighted by molar-refractivity contribution is 6.30. The molecule has 0 spiro atoms. The first-order valence-corrected chi connectivity index (χ1v) is 7.78. The Hall–Kier alpha value is -2.63. The van der Waals surface area contributed by atoms with E-state index in [9.17, 15) is 4.79 Å². The highest BCUT2D eigenvalue weighted by atomic mass is 35.5. The van der Waals surface area contributed by atoms with E-state index in [0.717, 1.165) is 16.9 Å². The molecule has 0 unspecified atom stereocenters. The normalized spacial score (nSPS) is 10.6. The lowest BCUT2D eigenvalue weighted by Gasteiger charge is -2.05. The molecular weight excluding hydrogens is 326 g/mol. The minimum Gasteiger partial charge on any atom is -0.392 e. The van der Waals surface area contributed by atoms with Gasteiger partial charge in [0, 0.05) is 16.4 Å². The lowest BCUT2D eigenvalue weighted by atomic mass is 10.2. The van der Waals surface area contributed by atoms with Crippen molar-refractivity contribution in [2.45, 2.75) is 13.5 Å². The maximum Gasteiger partial charge on any atom is 0.276 e. The molecule has 0 aliphatic rings. The van der Waals surface area contributed by atoms with E-state index < -0.39 is 0 Å². The molecule has 0 saturated heterocycles. The quantitative estimate of drug-likeness (QED) is 0.762. The van der Waals surface area contributed by atoms with Crippen LogP contribution in [0.2, 0.25) is 5.02 Å². The van der Waals surface area contributed by atoms with Gasteiger partial charge in [-0.3, -0.25) is 4.79 Å². The fourth-order valence-electron chi connectivity index (χ4n) is 2.40. The zero-order valence-electron chi connectivity index (χ0n) is 13.0. The lowest BCUT2D eigenvalue weighted by Crippen LogP contribution is -2.13. The van der Waals surface area contributed by atoms with Gasteiger partial charge in [-0.1, -0.05) is 29.8 Å². The van der Waals surface area contributed by atoms with Crippen LogP contribution in [0.25, 0.3) is 5.69 Å². The SMILES string of the molecule is Cc1cc(C(=O)Nc2cccc(CO)c2)nn1-c1cccc(Cl)c1.